The molecular weight excluding hydrogens is 385 g/mol. The van der Waals surface area contributed by atoms with Crippen LogP contribution in [-0.2, 0) is 19.8 Å². The summed E-state index contributed by atoms with van der Waals surface area (Å²) < 4.78 is 14.0. The molecule has 164 valence electrons. The molecule has 0 saturated carbocycles. The van der Waals surface area contributed by atoms with Gasteiger partial charge in [0.05, 0.1) is 5.41 Å². The molecule has 1 atom stereocenters. The molecule has 1 unspecified atom stereocenters. The molecule has 3 rings (SSSR count). The molecular formula is C23H32FN3O3. The zero-order chi connectivity index (χ0) is 21.7. The quantitative estimate of drug-likeness (QED) is 0.668. The van der Waals surface area contributed by atoms with Gasteiger partial charge in [-0.25, -0.2) is 4.39 Å². The second-order valence-electron chi connectivity index (χ2n) is 8.75. The third-order valence-corrected chi connectivity index (χ3v) is 6.22. The van der Waals surface area contributed by atoms with E-state index in [4.69, 9.17) is 0 Å². The first-order valence-electron chi connectivity index (χ1n) is 10.9. The summed E-state index contributed by atoms with van der Waals surface area (Å²) >= 11 is 0. The number of nitrogens with zero attached hydrogens (tertiary/aromatic N) is 3. The Morgan fingerprint density at radius 3 is 2.40 bits per heavy atom. The smallest absolute Gasteiger partial charge is 0.240 e. The summed E-state index contributed by atoms with van der Waals surface area (Å²) in [6, 6.07) is 5.79. The van der Waals surface area contributed by atoms with E-state index >= 15 is 0 Å². The van der Waals surface area contributed by atoms with Crippen molar-refractivity contribution < 1.29 is 18.8 Å². The van der Waals surface area contributed by atoms with E-state index < -0.39 is 11.2 Å². The Labute approximate surface area is 178 Å². The lowest BCUT2D eigenvalue weighted by molar-refractivity contribution is -0.143. The second kappa shape index (κ2) is 9.69. The van der Waals surface area contributed by atoms with E-state index in [2.05, 4.69) is 0 Å². The van der Waals surface area contributed by atoms with Crippen molar-refractivity contribution >= 4 is 17.7 Å². The van der Waals surface area contributed by atoms with Crippen molar-refractivity contribution in [2.75, 3.05) is 40.3 Å². The molecule has 2 fully saturated rings. The monoisotopic (exact) mass is 417 g/mol. The van der Waals surface area contributed by atoms with Gasteiger partial charge in [0.15, 0.2) is 0 Å². The van der Waals surface area contributed by atoms with E-state index in [1.807, 2.05) is 23.9 Å². The maximum atomic E-state index is 14.0. The number of halogens is 1. The normalized spacial score (nSPS) is 23.1. The highest BCUT2D eigenvalue weighted by molar-refractivity contribution is 6.10. The van der Waals surface area contributed by atoms with Gasteiger partial charge in [-0.3, -0.25) is 19.3 Å². The summed E-state index contributed by atoms with van der Waals surface area (Å²) in [6.45, 7) is 2.14. The Hall–Kier alpha value is -2.28. The lowest BCUT2D eigenvalue weighted by Crippen LogP contribution is -2.45. The van der Waals surface area contributed by atoms with Gasteiger partial charge in [-0.1, -0.05) is 31.4 Å². The number of carbonyl (C=O) groups excluding carboxylic acids is 3. The molecule has 3 amide bonds. The van der Waals surface area contributed by atoms with E-state index in [-0.39, 0.29) is 37.1 Å². The van der Waals surface area contributed by atoms with Crippen LogP contribution in [0.2, 0.25) is 0 Å². The number of likely N-dealkylation sites (N-methyl/N-ethyl adjacent to an activating group) is 1. The van der Waals surface area contributed by atoms with Crippen LogP contribution in [0.5, 0.6) is 0 Å². The Kier molecular flexibility index (Phi) is 7.23. The SMILES string of the molecule is CN(C)CCN1C(=O)CC(CC(=O)N2CCCCCCC2)(c2cccc(F)c2)C1=O. The second-order valence-corrected chi connectivity index (χ2v) is 8.75. The molecule has 0 spiro atoms. The maximum absolute atomic E-state index is 14.0. The summed E-state index contributed by atoms with van der Waals surface area (Å²) in [5.74, 6) is -1.29. The number of amides is 3. The molecule has 0 aliphatic carbocycles. The van der Waals surface area contributed by atoms with Crippen molar-refractivity contribution in [1.82, 2.24) is 14.7 Å². The van der Waals surface area contributed by atoms with Crippen molar-refractivity contribution in [3.63, 3.8) is 0 Å². The molecule has 1 aromatic carbocycles. The van der Waals surface area contributed by atoms with E-state index in [1.54, 1.807) is 6.07 Å². The molecule has 6 nitrogen and oxygen atoms in total. The number of rotatable bonds is 6. The molecule has 0 radical (unpaired) electrons. The molecule has 0 aromatic heterocycles. The summed E-state index contributed by atoms with van der Waals surface area (Å²) in [5, 5.41) is 0. The average molecular weight is 418 g/mol. The number of hydrogen-bond acceptors (Lipinski definition) is 4. The highest BCUT2D eigenvalue weighted by Crippen LogP contribution is 2.40. The summed E-state index contributed by atoms with van der Waals surface area (Å²) in [7, 11) is 3.74. The first kappa shape index (κ1) is 22.4. The van der Waals surface area contributed by atoms with Gasteiger partial charge in [0, 0.05) is 39.0 Å². The van der Waals surface area contributed by atoms with Crippen molar-refractivity contribution in [3.8, 4) is 0 Å². The zero-order valence-electron chi connectivity index (χ0n) is 18.0. The standard InChI is InChI=1S/C23H32FN3O3/c1-25(2)13-14-27-21(29)17-23(22(27)30,18-9-8-10-19(24)15-18)16-20(28)26-11-6-4-3-5-7-12-26/h8-10,15H,3-7,11-14,16-17H2,1-2H3. The van der Waals surface area contributed by atoms with Gasteiger partial charge in [-0.05, 0) is 44.6 Å². The van der Waals surface area contributed by atoms with Gasteiger partial charge in [0.25, 0.3) is 0 Å². The van der Waals surface area contributed by atoms with Crippen molar-refractivity contribution in [3.05, 3.63) is 35.6 Å². The molecule has 0 bridgehead atoms. The van der Waals surface area contributed by atoms with Gasteiger partial charge < -0.3 is 9.80 Å². The Morgan fingerprint density at radius 1 is 1.10 bits per heavy atom. The van der Waals surface area contributed by atoms with Crippen molar-refractivity contribution in [1.29, 1.82) is 0 Å². The van der Waals surface area contributed by atoms with Crippen LogP contribution in [0.25, 0.3) is 0 Å². The molecule has 1 aromatic rings. The highest BCUT2D eigenvalue weighted by atomic mass is 19.1. The third kappa shape index (κ3) is 4.89. The molecule has 2 heterocycles. The molecule has 2 saturated heterocycles. The minimum atomic E-state index is -1.33. The number of hydrogen-bond donors (Lipinski definition) is 0. The number of carbonyl (C=O) groups is 3. The fourth-order valence-electron chi connectivity index (χ4n) is 4.45. The lowest BCUT2D eigenvalue weighted by Gasteiger charge is -2.31. The molecule has 2 aliphatic heterocycles. The van der Waals surface area contributed by atoms with Gasteiger partial charge >= 0.3 is 0 Å². The molecule has 7 heteroatoms. The highest BCUT2D eigenvalue weighted by Gasteiger charge is 2.54. The van der Waals surface area contributed by atoms with E-state index in [0.29, 0.717) is 25.2 Å². The Balaban J connectivity index is 1.90. The van der Waals surface area contributed by atoms with Crippen molar-refractivity contribution in [2.45, 2.75) is 50.4 Å². The third-order valence-electron chi connectivity index (χ3n) is 6.22. The zero-order valence-corrected chi connectivity index (χ0v) is 18.0. The van der Waals surface area contributed by atoms with Crippen LogP contribution in [0.1, 0.15) is 50.5 Å². The van der Waals surface area contributed by atoms with Crippen LogP contribution in [-0.4, -0.2) is 72.7 Å². The lowest BCUT2D eigenvalue weighted by atomic mass is 9.75. The summed E-state index contributed by atoms with van der Waals surface area (Å²) in [5.41, 5.74) is -0.918. The number of benzene rings is 1. The van der Waals surface area contributed by atoms with Gasteiger partial charge in [0.1, 0.15) is 5.82 Å². The van der Waals surface area contributed by atoms with E-state index in [9.17, 15) is 18.8 Å². The van der Waals surface area contributed by atoms with Crippen LogP contribution in [0.4, 0.5) is 4.39 Å². The minimum Gasteiger partial charge on any atom is -0.343 e. The number of likely N-dealkylation sites (tertiary alicyclic amines) is 2. The van der Waals surface area contributed by atoms with Gasteiger partial charge in [-0.15, -0.1) is 0 Å². The molecule has 2 aliphatic rings. The average Bonchev–Trinajstić information content (AvgIpc) is 2.90. The summed E-state index contributed by atoms with van der Waals surface area (Å²) in [4.78, 5) is 44.5. The molecule has 30 heavy (non-hydrogen) atoms. The Bertz CT molecular complexity index is 790. The predicted octanol–water partition coefficient (Wildman–Crippen LogP) is 2.57. The summed E-state index contributed by atoms with van der Waals surface area (Å²) in [6.07, 6.45) is 5.06. The minimum absolute atomic E-state index is 0.0949. The van der Waals surface area contributed by atoms with Crippen molar-refractivity contribution in [2.24, 2.45) is 0 Å². The first-order chi connectivity index (χ1) is 14.3. The topological polar surface area (TPSA) is 60.9 Å². The van der Waals surface area contributed by atoms with Crippen LogP contribution in [0.15, 0.2) is 24.3 Å². The fourth-order valence-corrected chi connectivity index (χ4v) is 4.45. The predicted molar refractivity (Wildman–Crippen MR) is 112 cm³/mol. The number of imide groups is 1. The van der Waals surface area contributed by atoms with E-state index in [0.717, 1.165) is 25.7 Å². The van der Waals surface area contributed by atoms with Gasteiger partial charge in [0.2, 0.25) is 17.7 Å². The van der Waals surface area contributed by atoms with Crippen LogP contribution in [0.3, 0.4) is 0 Å². The fraction of sp³-hybridized carbons (Fsp3) is 0.609. The van der Waals surface area contributed by atoms with Crippen LogP contribution < -0.4 is 0 Å². The molecule has 0 N–H and O–H groups in total. The van der Waals surface area contributed by atoms with Crippen LogP contribution >= 0.6 is 0 Å². The Morgan fingerprint density at radius 2 is 1.77 bits per heavy atom. The maximum Gasteiger partial charge on any atom is 0.240 e. The van der Waals surface area contributed by atoms with Crippen LogP contribution in [0, 0.1) is 5.82 Å². The van der Waals surface area contributed by atoms with Gasteiger partial charge in [-0.2, -0.15) is 0 Å². The first-order valence-corrected chi connectivity index (χ1v) is 10.9. The largest absolute Gasteiger partial charge is 0.343 e. The van der Waals surface area contributed by atoms with E-state index in [1.165, 1.54) is 29.5 Å².